The number of hydrogen-bond acceptors (Lipinski definition) is 7. The van der Waals surface area contributed by atoms with Crippen molar-refractivity contribution in [1.82, 2.24) is 20.2 Å². The lowest BCUT2D eigenvalue weighted by Crippen LogP contribution is -2.31. The van der Waals surface area contributed by atoms with E-state index in [0.29, 0.717) is 0 Å². The van der Waals surface area contributed by atoms with Crippen LogP contribution < -0.4 is 16.0 Å². The minimum atomic E-state index is -0.817. The van der Waals surface area contributed by atoms with E-state index in [4.69, 9.17) is 5.41 Å². The molecule has 1 aromatic heterocycles. The number of allylic oxidation sites excluding steroid dienone is 1. The van der Waals surface area contributed by atoms with E-state index in [2.05, 4.69) is 25.9 Å². The van der Waals surface area contributed by atoms with Gasteiger partial charge in [-0.05, 0) is 12.1 Å². The van der Waals surface area contributed by atoms with Crippen LogP contribution in [0.15, 0.2) is 36.3 Å². The molecule has 2 rings (SSSR count). The van der Waals surface area contributed by atoms with Crippen LogP contribution in [0.3, 0.4) is 0 Å². The summed E-state index contributed by atoms with van der Waals surface area (Å²) in [6, 6.07) is 3.42. The Kier molecular flexibility index (Phi) is 7.52. The molecule has 0 saturated heterocycles. The maximum atomic E-state index is 13.9. The van der Waals surface area contributed by atoms with Crippen LogP contribution >= 0.6 is 0 Å². The van der Waals surface area contributed by atoms with E-state index in [0.717, 1.165) is 24.5 Å². The van der Waals surface area contributed by atoms with Crippen LogP contribution in [-0.2, 0) is 11.3 Å². The van der Waals surface area contributed by atoms with Crippen molar-refractivity contribution in [2.24, 2.45) is 0 Å². The molecule has 8 nitrogen and oxygen atoms in total. The number of likely N-dealkylation sites (N-methyl/N-ethyl adjacent to an activating group) is 1. The zero-order valence-corrected chi connectivity index (χ0v) is 15.8. The number of rotatable bonds is 9. The number of halogens is 3. The van der Waals surface area contributed by atoms with Crippen LogP contribution in [0, 0.1) is 22.9 Å². The van der Waals surface area contributed by atoms with E-state index in [1.165, 1.54) is 17.2 Å². The van der Waals surface area contributed by atoms with Crippen molar-refractivity contribution in [3.05, 3.63) is 59.3 Å². The molecular formula is C18H20F3N7O. The second-order valence-electron chi connectivity index (χ2n) is 5.98. The van der Waals surface area contributed by atoms with E-state index >= 15 is 0 Å². The predicted octanol–water partition coefficient (Wildman–Crippen LogP) is 2.09. The highest BCUT2D eigenvalue weighted by atomic mass is 19.1. The molecule has 29 heavy (non-hydrogen) atoms. The summed E-state index contributed by atoms with van der Waals surface area (Å²) in [5.41, 5.74) is -0.0517. The maximum absolute atomic E-state index is 13.9. The Bertz CT molecular complexity index is 898. The summed E-state index contributed by atoms with van der Waals surface area (Å²) in [7, 11) is 3.22. The van der Waals surface area contributed by atoms with Crippen LogP contribution in [0.1, 0.15) is 5.56 Å². The maximum Gasteiger partial charge on any atom is 0.241 e. The van der Waals surface area contributed by atoms with Crippen molar-refractivity contribution in [3.8, 4) is 0 Å². The highest BCUT2D eigenvalue weighted by Crippen LogP contribution is 2.17. The van der Waals surface area contributed by atoms with Gasteiger partial charge in [0.25, 0.3) is 0 Å². The van der Waals surface area contributed by atoms with Crippen LogP contribution in [0.2, 0.25) is 0 Å². The molecule has 0 unspecified atom stereocenters. The Balaban J connectivity index is 2.07. The average Bonchev–Trinajstić information content (AvgIpc) is 2.68. The van der Waals surface area contributed by atoms with Crippen molar-refractivity contribution in [2.75, 3.05) is 31.3 Å². The Morgan fingerprint density at radius 1 is 1.21 bits per heavy atom. The van der Waals surface area contributed by atoms with Gasteiger partial charge in [0.05, 0.1) is 18.4 Å². The smallest absolute Gasteiger partial charge is 0.241 e. The zero-order chi connectivity index (χ0) is 21.4. The largest absolute Gasteiger partial charge is 0.380 e. The van der Waals surface area contributed by atoms with E-state index in [1.54, 1.807) is 14.1 Å². The van der Waals surface area contributed by atoms with Crippen LogP contribution in [0.5, 0.6) is 0 Å². The lowest BCUT2D eigenvalue weighted by Gasteiger charge is -2.12. The molecule has 0 aliphatic rings. The summed E-state index contributed by atoms with van der Waals surface area (Å²) >= 11 is 0. The third-order valence-corrected chi connectivity index (χ3v) is 3.66. The summed E-state index contributed by atoms with van der Waals surface area (Å²) in [5.74, 6) is -2.85. The van der Waals surface area contributed by atoms with Gasteiger partial charge in [-0.3, -0.25) is 4.79 Å². The number of nitrogens with one attached hydrogen (secondary N) is 4. The lowest BCUT2D eigenvalue weighted by atomic mass is 10.2. The summed E-state index contributed by atoms with van der Waals surface area (Å²) in [4.78, 5) is 20.6. The fourth-order valence-corrected chi connectivity index (χ4v) is 2.07. The second-order valence-corrected chi connectivity index (χ2v) is 5.98. The number of benzene rings is 1. The van der Waals surface area contributed by atoms with Crippen molar-refractivity contribution in [1.29, 1.82) is 5.41 Å². The van der Waals surface area contributed by atoms with Gasteiger partial charge in [-0.2, -0.15) is 4.98 Å². The van der Waals surface area contributed by atoms with Gasteiger partial charge in [-0.25, -0.2) is 18.2 Å². The molecule has 11 heteroatoms. The van der Waals surface area contributed by atoms with Gasteiger partial charge < -0.3 is 26.3 Å². The van der Waals surface area contributed by atoms with Crippen molar-refractivity contribution < 1.29 is 18.0 Å². The Morgan fingerprint density at radius 2 is 1.90 bits per heavy atom. The normalized spacial score (nSPS) is 11.0. The van der Waals surface area contributed by atoms with Crippen LogP contribution in [0.25, 0.3) is 0 Å². The van der Waals surface area contributed by atoms with Crippen LogP contribution in [0.4, 0.5) is 24.9 Å². The predicted molar refractivity (Wildman–Crippen MR) is 103 cm³/mol. The first-order valence-electron chi connectivity index (χ1n) is 8.42. The lowest BCUT2D eigenvalue weighted by molar-refractivity contribution is -0.127. The molecule has 0 atom stereocenters. The standard InChI is InChI=1S/C18H20F3N7O/c1-28(2)16(29)10-23-7-11(6-22)26-18-25-9-15(21)17(27-18)24-8-12-13(19)4-3-5-14(12)20/h3-7,9,22-23H,8,10H2,1-2H3,(H2,24,25,26,27)/b11-7+,22-6?. The molecular weight excluding hydrogens is 387 g/mol. The van der Waals surface area contributed by atoms with Gasteiger partial charge in [0.1, 0.15) is 11.6 Å². The summed E-state index contributed by atoms with van der Waals surface area (Å²) < 4.78 is 41.3. The Morgan fingerprint density at radius 3 is 2.52 bits per heavy atom. The molecule has 0 bridgehead atoms. The first-order chi connectivity index (χ1) is 13.8. The van der Waals surface area contributed by atoms with Crippen molar-refractivity contribution in [2.45, 2.75) is 6.54 Å². The molecule has 0 aliphatic heterocycles. The number of carbonyl (C=O) groups is 1. The Hall–Kier alpha value is -3.63. The van der Waals surface area contributed by atoms with Gasteiger partial charge in [-0.1, -0.05) is 6.07 Å². The van der Waals surface area contributed by atoms with Crippen molar-refractivity contribution >= 4 is 23.9 Å². The molecule has 1 amide bonds. The quantitative estimate of drug-likeness (QED) is 0.475. The molecule has 1 aromatic carbocycles. The van der Waals surface area contributed by atoms with Gasteiger partial charge in [0.15, 0.2) is 11.6 Å². The van der Waals surface area contributed by atoms with Gasteiger partial charge in [0, 0.05) is 38.6 Å². The minimum absolute atomic E-state index is 0.0112. The second kappa shape index (κ2) is 10.1. The molecule has 0 aliphatic carbocycles. The highest BCUT2D eigenvalue weighted by molar-refractivity contribution is 5.80. The topological polar surface area (TPSA) is 106 Å². The van der Waals surface area contributed by atoms with Gasteiger partial charge in [-0.15, -0.1) is 0 Å². The Labute approximate surface area is 165 Å². The van der Waals surface area contributed by atoms with Gasteiger partial charge in [0.2, 0.25) is 11.9 Å². The number of nitrogens with zero attached hydrogens (tertiary/aromatic N) is 3. The first kappa shape index (κ1) is 21.7. The van der Waals surface area contributed by atoms with Crippen molar-refractivity contribution in [3.63, 3.8) is 0 Å². The van der Waals surface area contributed by atoms with E-state index < -0.39 is 17.5 Å². The number of anilines is 2. The fourth-order valence-electron chi connectivity index (χ4n) is 2.07. The van der Waals surface area contributed by atoms with Gasteiger partial charge >= 0.3 is 0 Å². The van der Waals surface area contributed by atoms with E-state index in [-0.39, 0.29) is 42.0 Å². The number of carbonyl (C=O) groups excluding carboxylic acids is 1. The van der Waals surface area contributed by atoms with E-state index in [9.17, 15) is 18.0 Å². The number of hydrogen-bond donors (Lipinski definition) is 4. The number of amides is 1. The summed E-state index contributed by atoms with van der Waals surface area (Å²) in [5, 5.41) is 15.3. The summed E-state index contributed by atoms with van der Waals surface area (Å²) in [6.45, 7) is -0.315. The monoisotopic (exact) mass is 407 g/mol. The molecule has 0 spiro atoms. The van der Waals surface area contributed by atoms with E-state index in [1.807, 2.05) is 0 Å². The molecule has 0 saturated carbocycles. The molecule has 154 valence electrons. The third kappa shape index (κ3) is 6.19. The molecule has 2 aromatic rings. The molecule has 0 radical (unpaired) electrons. The molecule has 4 N–H and O–H groups in total. The first-order valence-corrected chi connectivity index (χ1v) is 8.42. The average molecular weight is 407 g/mol. The third-order valence-electron chi connectivity index (χ3n) is 3.66. The SMILES string of the molecule is CN(C)C(=O)CN/C=C(\C=N)Nc1ncc(F)c(NCc2c(F)cccc2F)n1. The highest BCUT2D eigenvalue weighted by Gasteiger charge is 2.12. The number of aromatic nitrogens is 2. The molecule has 1 heterocycles. The zero-order valence-electron chi connectivity index (χ0n) is 15.8. The summed E-state index contributed by atoms with van der Waals surface area (Å²) in [6.07, 6.45) is 3.19. The molecule has 0 fully saturated rings. The van der Waals surface area contributed by atoms with Crippen LogP contribution in [-0.4, -0.2) is 47.6 Å². The minimum Gasteiger partial charge on any atom is -0.380 e. The fraction of sp³-hybridized carbons (Fsp3) is 0.222.